The number of carbonyl (C=O) groups excluding carboxylic acids is 1. The lowest BCUT2D eigenvalue weighted by molar-refractivity contribution is -0.144. The first-order valence-electron chi connectivity index (χ1n) is 9.76. The van der Waals surface area contributed by atoms with Crippen LogP contribution in [0.3, 0.4) is 0 Å². The Morgan fingerprint density at radius 2 is 1.80 bits per heavy atom. The van der Waals surface area contributed by atoms with Gasteiger partial charge in [-0.3, -0.25) is 0 Å². The number of thioether (sulfide) groups is 2. The molecular weight excluding hydrogens is 422 g/mol. The van der Waals surface area contributed by atoms with Crippen LogP contribution in [0.25, 0.3) is 0 Å². The molecule has 1 atom stereocenters. The number of carbonyl (C=O) groups is 1. The van der Waals surface area contributed by atoms with Gasteiger partial charge in [0, 0.05) is 6.07 Å². The van der Waals surface area contributed by atoms with E-state index in [9.17, 15) is 4.79 Å². The molecule has 0 unspecified atom stereocenters. The van der Waals surface area contributed by atoms with Gasteiger partial charge in [-0.2, -0.15) is 0 Å². The Morgan fingerprint density at radius 3 is 2.47 bits per heavy atom. The van der Waals surface area contributed by atoms with E-state index in [4.69, 9.17) is 24.7 Å². The van der Waals surface area contributed by atoms with Crippen LogP contribution in [-0.4, -0.2) is 38.3 Å². The van der Waals surface area contributed by atoms with Crippen molar-refractivity contribution in [3.05, 3.63) is 47.5 Å². The highest BCUT2D eigenvalue weighted by molar-refractivity contribution is 8.16. The fraction of sp³-hybridized carbons (Fsp3) is 0.409. The zero-order valence-corrected chi connectivity index (χ0v) is 19.0. The number of rotatable bonds is 8. The van der Waals surface area contributed by atoms with Crippen molar-refractivity contribution in [3.63, 3.8) is 0 Å². The molecule has 6 nitrogen and oxygen atoms in total. The number of nitrogens with two attached hydrogens (primary N) is 1. The van der Waals surface area contributed by atoms with Gasteiger partial charge >= 0.3 is 5.97 Å². The van der Waals surface area contributed by atoms with E-state index < -0.39 is 12.0 Å². The molecule has 1 saturated heterocycles. The number of esters is 1. The predicted octanol–water partition coefficient (Wildman–Crippen LogP) is 4.93. The molecule has 1 heterocycles. The second-order valence-electron chi connectivity index (χ2n) is 6.61. The van der Waals surface area contributed by atoms with Gasteiger partial charge in [0.25, 0.3) is 0 Å². The molecule has 1 fully saturated rings. The van der Waals surface area contributed by atoms with Crippen molar-refractivity contribution in [1.82, 2.24) is 0 Å². The van der Waals surface area contributed by atoms with E-state index in [0.717, 1.165) is 11.5 Å². The zero-order valence-electron chi connectivity index (χ0n) is 17.4. The molecule has 30 heavy (non-hydrogen) atoms. The van der Waals surface area contributed by atoms with E-state index in [1.54, 1.807) is 39.3 Å². The average molecular weight is 450 g/mol. The largest absolute Gasteiger partial charge is 0.497 e. The Hall–Kier alpha value is -2.03. The number of ether oxygens (including phenoxy) is 4. The normalized spacial score (nSPS) is 15.3. The first kappa shape index (κ1) is 22.7. The minimum Gasteiger partial charge on any atom is -0.497 e. The van der Waals surface area contributed by atoms with Crippen molar-refractivity contribution < 1.29 is 23.7 Å². The maximum Gasteiger partial charge on any atom is 0.327 e. The first-order valence-corrected chi connectivity index (χ1v) is 11.9. The van der Waals surface area contributed by atoms with E-state index in [1.165, 1.54) is 12.0 Å². The summed E-state index contributed by atoms with van der Waals surface area (Å²) in [5.41, 5.74) is 7.81. The van der Waals surface area contributed by atoms with Crippen molar-refractivity contribution >= 4 is 29.5 Å². The Bertz CT molecular complexity index is 871. The molecule has 0 aliphatic carbocycles. The number of benzene rings is 2. The van der Waals surface area contributed by atoms with E-state index in [2.05, 4.69) is 6.07 Å². The van der Waals surface area contributed by atoms with Crippen LogP contribution in [0.5, 0.6) is 23.0 Å². The van der Waals surface area contributed by atoms with Crippen LogP contribution >= 0.6 is 23.5 Å². The lowest BCUT2D eigenvalue weighted by Gasteiger charge is -2.22. The van der Waals surface area contributed by atoms with Crippen LogP contribution in [0.2, 0.25) is 0 Å². The molecule has 0 aromatic heterocycles. The molecule has 0 radical (unpaired) electrons. The molecule has 3 rings (SSSR count). The number of hydrogen-bond acceptors (Lipinski definition) is 8. The lowest BCUT2D eigenvalue weighted by Crippen LogP contribution is -2.23. The summed E-state index contributed by atoms with van der Waals surface area (Å²) in [6.07, 6.45) is 1.23. The fourth-order valence-corrected chi connectivity index (χ4v) is 5.92. The Kier molecular flexibility index (Phi) is 8.18. The topological polar surface area (TPSA) is 80.0 Å². The van der Waals surface area contributed by atoms with Crippen LogP contribution in [0.15, 0.2) is 36.4 Å². The van der Waals surface area contributed by atoms with E-state index in [0.29, 0.717) is 33.1 Å². The molecular formula is C22H27NO5S2. The maximum atomic E-state index is 12.1. The summed E-state index contributed by atoms with van der Waals surface area (Å²) in [5.74, 6) is 4.09. The highest BCUT2D eigenvalue weighted by Crippen LogP contribution is 2.46. The summed E-state index contributed by atoms with van der Waals surface area (Å²) >= 11 is 3.89. The molecule has 0 bridgehead atoms. The van der Waals surface area contributed by atoms with E-state index in [1.807, 2.05) is 35.7 Å². The van der Waals surface area contributed by atoms with Crippen LogP contribution in [0.1, 0.15) is 35.1 Å². The quantitative estimate of drug-likeness (QED) is 0.569. The van der Waals surface area contributed by atoms with Gasteiger partial charge < -0.3 is 24.7 Å². The Morgan fingerprint density at radius 1 is 1.07 bits per heavy atom. The zero-order chi connectivity index (χ0) is 21.5. The third-order valence-electron chi connectivity index (χ3n) is 4.55. The molecule has 1 aliphatic rings. The molecule has 2 aromatic rings. The molecule has 162 valence electrons. The van der Waals surface area contributed by atoms with Gasteiger partial charge in [-0.25, -0.2) is 4.79 Å². The number of methoxy groups -OCH3 is 2. The van der Waals surface area contributed by atoms with Crippen LogP contribution in [0, 0.1) is 0 Å². The smallest absolute Gasteiger partial charge is 0.327 e. The van der Waals surface area contributed by atoms with Gasteiger partial charge in [0.1, 0.15) is 17.5 Å². The fourth-order valence-electron chi connectivity index (χ4n) is 3.05. The Balaban J connectivity index is 1.90. The standard InChI is InChI=1S/C22H27NO5S2/c1-4-27-21(24)20(23)15-10-16(25-2)13-17(11-15)28-19-12-14(6-7-18(19)26-3)22-29-8-5-9-30-22/h6-7,10-13,20,22H,4-5,8-9,23H2,1-3H3/t20-/m0/s1. The third kappa shape index (κ3) is 5.56. The van der Waals surface area contributed by atoms with Gasteiger partial charge in [0.2, 0.25) is 0 Å². The van der Waals surface area contributed by atoms with E-state index >= 15 is 0 Å². The summed E-state index contributed by atoms with van der Waals surface area (Å²) in [6, 6.07) is 10.3. The van der Waals surface area contributed by atoms with E-state index in [-0.39, 0.29) is 6.61 Å². The summed E-state index contributed by atoms with van der Waals surface area (Å²) in [5, 5.41) is 0. The number of hydrogen-bond donors (Lipinski definition) is 1. The SMILES string of the molecule is CCOC(=O)[C@@H](N)c1cc(OC)cc(Oc2cc(C3SCCCS3)ccc2OC)c1. The van der Waals surface area contributed by atoms with Gasteiger partial charge in [0.05, 0.1) is 25.4 Å². The second kappa shape index (κ2) is 10.8. The first-order chi connectivity index (χ1) is 14.5. The molecule has 1 aliphatic heterocycles. The molecule has 0 saturated carbocycles. The van der Waals surface area contributed by atoms with Crippen molar-refractivity contribution in [2.24, 2.45) is 5.73 Å². The van der Waals surface area contributed by atoms with Gasteiger partial charge in [-0.15, -0.1) is 23.5 Å². The molecule has 2 N–H and O–H groups in total. The van der Waals surface area contributed by atoms with Crippen molar-refractivity contribution in [3.8, 4) is 23.0 Å². The molecule has 0 spiro atoms. The van der Waals surface area contributed by atoms with Crippen molar-refractivity contribution in [2.75, 3.05) is 32.3 Å². The van der Waals surface area contributed by atoms with Crippen molar-refractivity contribution in [2.45, 2.75) is 24.0 Å². The summed E-state index contributed by atoms with van der Waals surface area (Å²) < 4.78 is 22.5. The lowest BCUT2D eigenvalue weighted by atomic mass is 10.1. The predicted molar refractivity (Wildman–Crippen MR) is 122 cm³/mol. The maximum absolute atomic E-state index is 12.1. The monoisotopic (exact) mass is 449 g/mol. The average Bonchev–Trinajstić information content (AvgIpc) is 2.79. The minimum absolute atomic E-state index is 0.265. The second-order valence-corrected chi connectivity index (χ2v) is 9.34. The summed E-state index contributed by atoms with van der Waals surface area (Å²) in [7, 11) is 3.16. The van der Waals surface area contributed by atoms with Gasteiger partial charge in [0.15, 0.2) is 11.5 Å². The molecule has 8 heteroatoms. The van der Waals surface area contributed by atoms with Gasteiger partial charge in [-0.05, 0) is 60.2 Å². The van der Waals surface area contributed by atoms with Crippen LogP contribution in [-0.2, 0) is 9.53 Å². The summed E-state index contributed by atoms with van der Waals surface area (Å²) in [4.78, 5) is 12.1. The van der Waals surface area contributed by atoms with Crippen LogP contribution < -0.4 is 19.9 Å². The molecule has 0 amide bonds. The van der Waals surface area contributed by atoms with Gasteiger partial charge in [-0.1, -0.05) is 6.07 Å². The third-order valence-corrected chi connectivity index (χ3v) is 7.57. The molecule has 2 aromatic carbocycles. The van der Waals surface area contributed by atoms with Crippen molar-refractivity contribution in [1.29, 1.82) is 0 Å². The minimum atomic E-state index is -0.925. The van der Waals surface area contributed by atoms with Crippen LogP contribution in [0.4, 0.5) is 0 Å². The highest BCUT2D eigenvalue weighted by Gasteiger charge is 2.21. The highest BCUT2D eigenvalue weighted by atomic mass is 32.2. The summed E-state index contributed by atoms with van der Waals surface area (Å²) in [6.45, 7) is 2.01. The Labute approximate surface area is 185 Å².